The minimum absolute atomic E-state index is 0.243. The molecule has 1 amide bonds. The van der Waals surface area contributed by atoms with Crippen molar-refractivity contribution in [3.63, 3.8) is 0 Å². The highest BCUT2D eigenvalue weighted by Crippen LogP contribution is 2.23. The molecule has 1 atom stereocenters. The largest absolute Gasteiger partial charge is 0.449 e. The molecule has 4 nitrogen and oxygen atoms in total. The number of thiophene rings is 1. The third-order valence-electron chi connectivity index (χ3n) is 2.83. The summed E-state index contributed by atoms with van der Waals surface area (Å²) in [6.07, 6.45) is -0.901. The number of benzene rings is 1. The normalized spacial score (nSPS) is 11.8. The van der Waals surface area contributed by atoms with Gasteiger partial charge in [0, 0.05) is 4.88 Å². The van der Waals surface area contributed by atoms with Crippen LogP contribution in [0.3, 0.4) is 0 Å². The Morgan fingerprint density at radius 3 is 2.68 bits per heavy atom. The quantitative estimate of drug-likeness (QED) is 0.825. The molecule has 0 spiro atoms. The van der Waals surface area contributed by atoms with Crippen molar-refractivity contribution in [2.45, 2.75) is 19.6 Å². The molecule has 1 aromatic heterocycles. The lowest BCUT2D eigenvalue weighted by molar-refractivity contribution is -0.129. The first kappa shape index (κ1) is 16.8. The van der Waals surface area contributed by atoms with Crippen molar-refractivity contribution in [3.8, 4) is 0 Å². The van der Waals surface area contributed by atoms with Gasteiger partial charge in [-0.3, -0.25) is 4.79 Å². The highest BCUT2D eigenvalue weighted by molar-refractivity contribution is 7.09. The van der Waals surface area contributed by atoms with Gasteiger partial charge in [-0.25, -0.2) is 4.79 Å². The molecule has 1 aromatic carbocycles. The van der Waals surface area contributed by atoms with Crippen LogP contribution in [0.1, 0.15) is 22.2 Å². The molecule has 116 valence electrons. The van der Waals surface area contributed by atoms with Crippen LogP contribution in [0.15, 0.2) is 35.7 Å². The Morgan fingerprint density at radius 1 is 1.27 bits per heavy atom. The maximum Gasteiger partial charge on any atom is 0.338 e. The van der Waals surface area contributed by atoms with Crippen molar-refractivity contribution >= 4 is 46.4 Å². The fourth-order valence-electron chi connectivity index (χ4n) is 1.64. The topological polar surface area (TPSA) is 55.4 Å². The van der Waals surface area contributed by atoms with E-state index in [1.165, 1.54) is 25.1 Å². The molecule has 22 heavy (non-hydrogen) atoms. The Hall–Kier alpha value is -1.56. The van der Waals surface area contributed by atoms with Crippen molar-refractivity contribution in [2.24, 2.45) is 0 Å². The van der Waals surface area contributed by atoms with Crippen LogP contribution in [0.25, 0.3) is 0 Å². The zero-order valence-corrected chi connectivity index (χ0v) is 14.0. The molecule has 1 heterocycles. The van der Waals surface area contributed by atoms with E-state index >= 15 is 0 Å². The van der Waals surface area contributed by atoms with Gasteiger partial charge in [-0.05, 0) is 36.6 Å². The van der Waals surface area contributed by atoms with Crippen LogP contribution in [-0.4, -0.2) is 18.0 Å². The Kier molecular flexibility index (Phi) is 5.83. The molecular weight excluding hydrogens is 345 g/mol. The average Bonchev–Trinajstić information content (AvgIpc) is 3.00. The van der Waals surface area contributed by atoms with E-state index in [-0.39, 0.29) is 16.5 Å². The minimum Gasteiger partial charge on any atom is -0.449 e. The standard InChI is InChI=1S/C15H13Cl2NO3S/c1-9(14(19)18-8-11-3-2-6-22-11)21-15(20)10-4-5-12(16)13(17)7-10/h2-7,9H,8H2,1H3,(H,18,19)/t9-/m0/s1. The number of halogens is 2. The third-order valence-corrected chi connectivity index (χ3v) is 4.44. The van der Waals surface area contributed by atoms with Crippen LogP contribution in [0, 0.1) is 0 Å². The van der Waals surface area contributed by atoms with Gasteiger partial charge in [-0.2, -0.15) is 0 Å². The summed E-state index contributed by atoms with van der Waals surface area (Å²) >= 11 is 13.2. The second-order valence-corrected chi connectivity index (χ2v) is 6.32. The maximum absolute atomic E-state index is 12.0. The van der Waals surface area contributed by atoms with Crippen molar-refractivity contribution in [1.82, 2.24) is 5.32 Å². The summed E-state index contributed by atoms with van der Waals surface area (Å²) in [5, 5.41) is 5.24. The number of carbonyl (C=O) groups is 2. The third kappa shape index (κ3) is 4.47. The summed E-state index contributed by atoms with van der Waals surface area (Å²) in [5.74, 6) is -0.987. The van der Waals surface area contributed by atoms with E-state index in [9.17, 15) is 9.59 Å². The van der Waals surface area contributed by atoms with Crippen molar-refractivity contribution < 1.29 is 14.3 Å². The lowest BCUT2D eigenvalue weighted by atomic mass is 10.2. The van der Waals surface area contributed by atoms with E-state index in [1.54, 1.807) is 11.3 Å². The number of carbonyl (C=O) groups excluding carboxylic acids is 2. The maximum atomic E-state index is 12.0. The molecule has 0 aliphatic heterocycles. The predicted octanol–water partition coefficient (Wildman–Crippen LogP) is 3.92. The lowest BCUT2D eigenvalue weighted by Gasteiger charge is -2.13. The predicted molar refractivity (Wildman–Crippen MR) is 87.5 cm³/mol. The van der Waals surface area contributed by atoms with Crippen LogP contribution in [0.5, 0.6) is 0 Å². The van der Waals surface area contributed by atoms with Crippen LogP contribution >= 0.6 is 34.5 Å². The van der Waals surface area contributed by atoms with Gasteiger partial charge in [0.15, 0.2) is 6.10 Å². The molecule has 2 rings (SSSR count). The van der Waals surface area contributed by atoms with Crippen LogP contribution in [0.2, 0.25) is 10.0 Å². The first-order chi connectivity index (χ1) is 10.5. The fraction of sp³-hybridized carbons (Fsp3) is 0.200. The summed E-state index contributed by atoms with van der Waals surface area (Å²) in [4.78, 5) is 24.9. The van der Waals surface area contributed by atoms with Gasteiger partial charge in [-0.1, -0.05) is 29.3 Å². The number of nitrogens with one attached hydrogen (secondary N) is 1. The summed E-state index contributed by atoms with van der Waals surface area (Å²) in [5.41, 5.74) is 0.243. The van der Waals surface area contributed by atoms with Gasteiger partial charge in [0.05, 0.1) is 22.2 Å². The number of esters is 1. The monoisotopic (exact) mass is 357 g/mol. The van der Waals surface area contributed by atoms with Crippen molar-refractivity contribution in [1.29, 1.82) is 0 Å². The zero-order chi connectivity index (χ0) is 16.1. The summed E-state index contributed by atoms with van der Waals surface area (Å²) in [6.45, 7) is 1.92. The molecule has 0 radical (unpaired) electrons. The van der Waals surface area contributed by atoms with E-state index in [1.807, 2.05) is 17.5 Å². The molecule has 0 fully saturated rings. The molecule has 0 unspecified atom stereocenters. The first-order valence-electron chi connectivity index (χ1n) is 6.43. The van der Waals surface area contributed by atoms with E-state index in [4.69, 9.17) is 27.9 Å². The molecule has 0 bridgehead atoms. The molecule has 0 saturated carbocycles. The number of ether oxygens (including phenoxy) is 1. The molecule has 0 aliphatic carbocycles. The van der Waals surface area contributed by atoms with Gasteiger partial charge in [-0.15, -0.1) is 11.3 Å². The highest BCUT2D eigenvalue weighted by Gasteiger charge is 2.19. The molecule has 1 N–H and O–H groups in total. The molecule has 7 heteroatoms. The van der Waals surface area contributed by atoms with Gasteiger partial charge in [0.1, 0.15) is 0 Å². The van der Waals surface area contributed by atoms with Gasteiger partial charge < -0.3 is 10.1 Å². The molecular formula is C15H13Cl2NO3S. The molecule has 0 aliphatic rings. The number of hydrogen-bond acceptors (Lipinski definition) is 4. The molecule has 0 saturated heterocycles. The second-order valence-electron chi connectivity index (χ2n) is 4.47. The Labute approximate surface area is 142 Å². The van der Waals surface area contributed by atoms with E-state index in [2.05, 4.69) is 5.32 Å². The Bertz CT molecular complexity index is 673. The smallest absolute Gasteiger partial charge is 0.338 e. The Balaban J connectivity index is 1.89. The zero-order valence-electron chi connectivity index (χ0n) is 11.6. The summed E-state index contributed by atoms with van der Waals surface area (Å²) < 4.78 is 5.11. The summed E-state index contributed by atoms with van der Waals surface area (Å²) in [7, 11) is 0. The van der Waals surface area contributed by atoms with Crippen LogP contribution in [-0.2, 0) is 16.1 Å². The van der Waals surface area contributed by atoms with E-state index in [0.29, 0.717) is 11.6 Å². The SMILES string of the molecule is C[C@H](OC(=O)c1ccc(Cl)c(Cl)c1)C(=O)NCc1cccs1. The van der Waals surface area contributed by atoms with E-state index in [0.717, 1.165) is 4.88 Å². The average molecular weight is 358 g/mol. The number of hydrogen-bond donors (Lipinski definition) is 1. The summed E-state index contributed by atoms with van der Waals surface area (Å²) in [6, 6.07) is 8.22. The number of amides is 1. The van der Waals surface area contributed by atoms with Gasteiger partial charge in [0.2, 0.25) is 0 Å². The highest BCUT2D eigenvalue weighted by atomic mass is 35.5. The minimum atomic E-state index is -0.901. The second kappa shape index (κ2) is 7.63. The van der Waals surface area contributed by atoms with Crippen LogP contribution < -0.4 is 5.32 Å². The van der Waals surface area contributed by atoms with Crippen LogP contribution in [0.4, 0.5) is 0 Å². The van der Waals surface area contributed by atoms with E-state index < -0.39 is 12.1 Å². The van der Waals surface area contributed by atoms with Crippen molar-refractivity contribution in [3.05, 3.63) is 56.2 Å². The Morgan fingerprint density at radius 2 is 2.05 bits per heavy atom. The fourth-order valence-corrected chi connectivity index (χ4v) is 2.58. The first-order valence-corrected chi connectivity index (χ1v) is 8.07. The van der Waals surface area contributed by atoms with Gasteiger partial charge in [0.25, 0.3) is 5.91 Å². The van der Waals surface area contributed by atoms with Crippen molar-refractivity contribution in [2.75, 3.05) is 0 Å². The number of rotatable bonds is 5. The molecule has 2 aromatic rings. The lowest BCUT2D eigenvalue weighted by Crippen LogP contribution is -2.35. The van der Waals surface area contributed by atoms with Gasteiger partial charge >= 0.3 is 5.97 Å².